The van der Waals surface area contributed by atoms with Crippen molar-refractivity contribution in [2.24, 2.45) is 11.8 Å². The van der Waals surface area contributed by atoms with Gasteiger partial charge in [0.2, 0.25) is 17.7 Å². The summed E-state index contributed by atoms with van der Waals surface area (Å²) in [6.45, 7) is 0. The zero-order valence-electron chi connectivity index (χ0n) is 18.0. The maximum absolute atomic E-state index is 13.6. The molecule has 172 valence electrons. The molecule has 1 aliphatic heterocycles. The first-order valence-corrected chi connectivity index (χ1v) is 11.4. The van der Waals surface area contributed by atoms with Crippen LogP contribution in [0.5, 0.6) is 0 Å². The first-order valence-electron chi connectivity index (χ1n) is 11.4. The minimum absolute atomic E-state index is 0.102. The number of likely N-dealkylation sites (tertiary alicyclic amines) is 1. The highest BCUT2D eigenvalue weighted by atomic mass is 19.4. The van der Waals surface area contributed by atoms with E-state index < -0.39 is 29.0 Å². The van der Waals surface area contributed by atoms with Gasteiger partial charge in [-0.15, -0.1) is 0 Å². The molecule has 0 radical (unpaired) electrons. The third kappa shape index (κ3) is 3.71. The van der Waals surface area contributed by atoms with Crippen molar-refractivity contribution in [2.45, 2.75) is 75.0 Å². The molecule has 1 unspecified atom stereocenters. The van der Waals surface area contributed by atoms with Gasteiger partial charge in [-0.25, -0.2) is 0 Å². The maximum atomic E-state index is 13.6. The lowest BCUT2D eigenvalue weighted by Crippen LogP contribution is -2.46. The van der Waals surface area contributed by atoms with Crippen molar-refractivity contribution in [1.29, 1.82) is 0 Å². The Morgan fingerprint density at radius 3 is 2.28 bits per heavy atom. The number of carbonyl (C=O) groups is 3. The number of carbonyl (C=O) groups excluding carboxylic acids is 3. The molecule has 5 nitrogen and oxygen atoms in total. The summed E-state index contributed by atoms with van der Waals surface area (Å²) in [5.41, 5.74) is -2.36. The molecule has 3 saturated carbocycles. The summed E-state index contributed by atoms with van der Waals surface area (Å²) in [6, 6.07) is 4.51. The highest BCUT2D eigenvalue weighted by Gasteiger charge is 2.58. The second kappa shape index (κ2) is 7.32. The SMILES string of the molecule is CN(C(=O)CC1(c2cccc(C(F)(F)F)c2)CC(=O)N(C2CC2)C1=O)C(C1CC1)C1CC1. The van der Waals surface area contributed by atoms with Gasteiger partial charge < -0.3 is 4.90 Å². The molecule has 3 aliphatic carbocycles. The number of halogens is 3. The molecule has 32 heavy (non-hydrogen) atoms. The van der Waals surface area contributed by atoms with E-state index in [1.807, 2.05) is 0 Å². The topological polar surface area (TPSA) is 57.7 Å². The van der Waals surface area contributed by atoms with Gasteiger partial charge in [-0.1, -0.05) is 18.2 Å². The number of hydrogen-bond acceptors (Lipinski definition) is 3. The lowest BCUT2D eigenvalue weighted by atomic mass is 9.75. The Morgan fingerprint density at radius 2 is 1.75 bits per heavy atom. The Bertz CT molecular complexity index is 953. The van der Waals surface area contributed by atoms with Crippen LogP contribution >= 0.6 is 0 Å². The fourth-order valence-electron chi connectivity index (χ4n) is 5.37. The summed E-state index contributed by atoms with van der Waals surface area (Å²) in [4.78, 5) is 42.7. The minimum atomic E-state index is -4.58. The molecule has 3 amide bonds. The minimum Gasteiger partial charge on any atom is -0.342 e. The molecule has 0 spiro atoms. The van der Waals surface area contributed by atoms with Crippen molar-refractivity contribution in [2.75, 3.05) is 7.05 Å². The number of hydrogen-bond donors (Lipinski definition) is 0. The molecule has 1 heterocycles. The molecule has 0 N–H and O–H groups in total. The summed E-state index contributed by atoms with van der Waals surface area (Å²) < 4.78 is 40.3. The predicted octanol–water partition coefficient (Wildman–Crippen LogP) is 3.90. The second-order valence-electron chi connectivity index (χ2n) is 9.98. The quantitative estimate of drug-likeness (QED) is 0.595. The van der Waals surface area contributed by atoms with Gasteiger partial charge in [0.05, 0.1) is 11.0 Å². The monoisotopic (exact) mass is 448 g/mol. The summed E-state index contributed by atoms with van der Waals surface area (Å²) >= 11 is 0. The highest BCUT2D eigenvalue weighted by molar-refractivity contribution is 6.11. The van der Waals surface area contributed by atoms with Gasteiger partial charge in [-0.2, -0.15) is 13.2 Å². The van der Waals surface area contributed by atoms with Gasteiger partial charge in [0, 0.05) is 32.0 Å². The second-order valence-corrected chi connectivity index (χ2v) is 9.98. The Balaban J connectivity index is 1.50. The molecular weight excluding hydrogens is 421 g/mol. The molecule has 4 fully saturated rings. The van der Waals surface area contributed by atoms with E-state index in [1.54, 1.807) is 11.9 Å². The van der Waals surface area contributed by atoms with Crippen LogP contribution in [0.1, 0.15) is 62.5 Å². The van der Waals surface area contributed by atoms with Crippen molar-refractivity contribution in [3.05, 3.63) is 35.4 Å². The van der Waals surface area contributed by atoms with Crippen molar-refractivity contribution in [3.63, 3.8) is 0 Å². The molecule has 1 saturated heterocycles. The Kier molecular flexibility index (Phi) is 4.91. The number of amides is 3. The van der Waals surface area contributed by atoms with Crippen LogP contribution in [0.15, 0.2) is 24.3 Å². The fourth-order valence-corrected chi connectivity index (χ4v) is 5.37. The molecule has 1 aromatic rings. The summed E-state index contributed by atoms with van der Waals surface area (Å²) in [6.07, 6.45) is 0.576. The Morgan fingerprint density at radius 1 is 1.12 bits per heavy atom. The van der Waals surface area contributed by atoms with Gasteiger partial charge in [0.15, 0.2) is 0 Å². The Labute approximate surface area is 184 Å². The van der Waals surface area contributed by atoms with E-state index in [1.165, 1.54) is 17.0 Å². The first kappa shape index (κ1) is 21.5. The van der Waals surface area contributed by atoms with E-state index in [2.05, 4.69) is 0 Å². The highest BCUT2D eigenvalue weighted by Crippen LogP contribution is 2.49. The molecule has 4 aliphatic rings. The zero-order chi connectivity index (χ0) is 22.8. The average Bonchev–Trinajstić information content (AvgIpc) is 3.59. The zero-order valence-corrected chi connectivity index (χ0v) is 18.0. The van der Waals surface area contributed by atoms with E-state index in [-0.39, 0.29) is 36.4 Å². The molecule has 8 heteroatoms. The summed E-state index contributed by atoms with van der Waals surface area (Å²) in [7, 11) is 1.74. The van der Waals surface area contributed by atoms with Crippen LogP contribution in [0.3, 0.4) is 0 Å². The van der Waals surface area contributed by atoms with Gasteiger partial charge in [0.25, 0.3) is 0 Å². The Hall–Kier alpha value is -2.38. The van der Waals surface area contributed by atoms with Crippen LogP contribution in [-0.4, -0.2) is 46.7 Å². The van der Waals surface area contributed by atoms with E-state index in [9.17, 15) is 27.6 Å². The normalized spacial score (nSPS) is 26.2. The van der Waals surface area contributed by atoms with Gasteiger partial charge >= 0.3 is 6.18 Å². The molecule has 1 aromatic carbocycles. The summed E-state index contributed by atoms with van der Waals surface area (Å²) in [5, 5.41) is 0. The predicted molar refractivity (Wildman–Crippen MR) is 109 cm³/mol. The third-order valence-electron chi connectivity index (χ3n) is 7.51. The number of alkyl halides is 3. The van der Waals surface area contributed by atoms with E-state index >= 15 is 0 Å². The van der Waals surface area contributed by atoms with Crippen LogP contribution in [0.25, 0.3) is 0 Å². The van der Waals surface area contributed by atoms with E-state index in [0.717, 1.165) is 37.8 Å². The van der Waals surface area contributed by atoms with Crippen LogP contribution in [0.2, 0.25) is 0 Å². The lowest BCUT2D eigenvalue weighted by Gasteiger charge is -2.33. The van der Waals surface area contributed by atoms with Gasteiger partial charge in [0.1, 0.15) is 0 Å². The van der Waals surface area contributed by atoms with Gasteiger partial charge in [-0.05, 0) is 62.0 Å². The van der Waals surface area contributed by atoms with Crippen LogP contribution in [-0.2, 0) is 26.0 Å². The lowest BCUT2D eigenvalue weighted by molar-refractivity contribution is -0.144. The largest absolute Gasteiger partial charge is 0.416 e. The van der Waals surface area contributed by atoms with Crippen molar-refractivity contribution >= 4 is 17.7 Å². The van der Waals surface area contributed by atoms with Gasteiger partial charge in [-0.3, -0.25) is 19.3 Å². The molecule has 5 rings (SSSR count). The maximum Gasteiger partial charge on any atom is 0.416 e. The summed E-state index contributed by atoms with van der Waals surface area (Å²) in [5.74, 6) is -0.272. The molecule has 0 aromatic heterocycles. The van der Waals surface area contributed by atoms with Crippen LogP contribution in [0, 0.1) is 11.8 Å². The number of imide groups is 1. The van der Waals surface area contributed by atoms with Crippen molar-refractivity contribution < 1.29 is 27.6 Å². The molecule has 0 bridgehead atoms. The van der Waals surface area contributed by atoms with Crippen molar-refractivity contribution in [1.82, 2.24) is 9.80 Å². The number of benzene rings is 1. The van der Waals surface area contributed by atoms with Crippen LogP contribution in [0.4, 0.5) is 13.2 Å². The average molecular weight is 448 g/mol. The number of rotatable bonds is 7. The third-order valence-corrected chi connectivity index (χ3v) is 7.51. The standard InChI is InChI=1S/C24H27F3N2O3/c1-28(21(14-5-6-14)15-7-8-15)19(30)12-23(13-20(31)29(22(23)32)18-9-10-18)16-3-2-4-17(11-16)24(25,26)27/h2-4,11,14-15,18,21H,5-10,12-13H2,1H3. The van der Waals surface area contributed by atoms with E-state index in [4.69, 9.17) is 0 Å². The van der Waals surface area contributed by atoms with Crippen molar-refractivity contribution in [3.8, 4) is 0 Å². The fraction of sp³-hybridized carbons (Fsp3) is 0.625. The molecular formula is C24H27F3N2O3. The number of nitrogens with zero attached hydrogens (tertiary/aromatic N) is 2. The smallest absolute Gasteiger partial charge is 0.342 e. The molecule has 1 atom stereocenters. The first-order chi connectivity index (χ1) is 15.1. The van der Waals surface area contributed by atoms with Crippen LogP contribution < -0.4 is 0 Å². The van der Waals surface area contributed by atoms with E-state index in [0.29, 0.717) is 24.7 Å².